The van der Waals surface area contributed by atoms with Crippen LogP contribution in [0.25, 0.3) is 0 Å². The van der Waals surface area contributed by atoms with Crippen molar-refractivity contribution in [1.82, 2.24) is 0 Å². The third-order valence-corrected chi connectivity index (χ3v) is 8.06. The normalized spacial score (nSPS) is 29.4. The molecule has 0 saturated carbocycles. The van der Waals surface area contributed by atoms with E-state index in [0.717, 1.165) is 11.1 Å². The van der Waals surface area contributed by atoms with Crippen molar-refractivity contribution in [3.8, 4) is 23.7 Å². The highest BCUT2D eigenvalue weighted by Gasteiger charge is 2.67. The summed E-state index contributed by atoms with van der Waals surface area (Å²) in [5.41, 5.74) is -0.451. The molecule has 0 bridgehead atoms. The van der Waals surface area contributed by atoms with Crippen LogP contribution in [0.2, 0.25) is 0 Å². The van der Waals surface area contributed by atoms with E-state index >= 15 is 0 Å². The molecule has 0 saturated heterocycles. The van der Waals surface area contributed by atoms with Gasteiger partial charge in [0, 0.05) is 33.1 Å². The number of benzene rings is 1. The van der Waals surface area contributed by atoms with Gasteiger partial charge in [-0.05, 0) is 71.1 Å². The second-order valence-electron chi connectivity index (χ2n) is 10.7. The Morgan fingerprint density at radius 1 is 1.03 bits per heavy atom. The molecule has 0 aromatic heterocycles. The van der Waals surface area contributed by atoms with E-state index in [0.29, 0.717) is 28.7 Å². The third-order valence-electron chi connectivity index (χ3n) is 8.06. The summed E-state index contributed by atoms with van der Waals surface area (Å²) < 4.78 is 0. The van der Waals surface area contributed by atoms with Crippen molar-refractivity contribution >= 4 is 17.3 Å². The fraction of sp³-hybridized carbons (Fsp3) is 0.433. The lowest BCUT2D eigenvalue weighted by Crippen LogP contribution is -2.63. The zero-order valence-corrected chi connectivity index (χ0v) is 21.3. The predicted octanol–water partition coefficient (Wildman–Crippen LogP) is 4.31. The molecule has 0 spiro atoms. The second-order valence-corrected chi connectivity index (χ2v) is 10.7. The van der Waals surface area contributed by atoms with Gasteiger partial charge >= 0.3 is 0 Å². The average Bonchev–Trinajstić information content (AvgIpc) is 2.73. The van der Waals surface area contributed by atoms with Crippen molar-refractivity contribution < 1.29 is 24.6 Å². The number of carbonyl (C=O) groups excluding carboxylic acids is 3. The third kappa shape index (κ3) is 3.12. The summed E-state index contributed by atoms with van der Waals surface area (Å²) in [7, 11) is 0. The summed E-state index contributed by atoms with van der Waals surface area (Å²) in [5, 5.41) is 23.4. The number of ketones is 3. The number of rotatable bonds is 1. The van der Waals surface area contributed by atoms with E-state index in [1.165, 1.54) is 6.92 Å². The lowest BCUT2D eigenvalue weighted by atomic mass is 9.47. The van der Waals surface area contributed by atoms with Gasteiger partial charge in [-0.15, -0.1) is 11.8 Å². The van der Waals surface area contributed by atoms with Crippen LogP contribution >= 0.6 is 0 Å². The van der Waals surface area contributed by atoms with Gasteiger partial charge in [0.05, 0.1) is 5.57 Å². The number of fused-ring (bicyclic) bond motifs is 3. The zero-order chi connectivity index (χ0) is 26.1. The number of aliphatic hydroxyl groups excluding tert-OH is 1. The molecule has 1 aromatic carbocycles. The van der Waals surface area contributed by atoms with Gasteiger partial charge in [0.25, 0.3) is 0 Å². The fourth-order valence-electron chi connectivity index (χ4n) is 6.80. The van der Waals surface area contributed by atoms with Gasteiger partial charge in [-0.2, -0.15) is 0 Å². The molecule has 0 radical (unpaired) electrons. The minimum atomic E-state index is -2.35. The Morgan fingerprint density at radius 3 is 2.20 bits per heavy atom. The molecule has 0 heterocycles. The topological polar surface area (TPSA) is 91.7 Å². The quantitative estimate of drug-likeness (QED) is 0.471. The maximum atomic E-state index is 14.1. The molecule has 2 N–H and O–H groups in total. The SMILES string of the molecule is CC#Cc1cc(C#CC)c2c(c1C)C(=O)C1=C(O)[C@@]3(O)C(=O)C(C(C)=O)=C(C)C[C@@]3(C)C[C@@]1(C)C2. The highest BCUT2D eigenvalue weighted by molar-refractivity contribution is 6.25. The van der Waals surface area contributed by atoms with Gasteiger partial charge in [0.15, 0.2) is 17.2 Å². The summed E-state index contributed by atoms with van der Waals surface area (Å²) in [4.78, 5) is 39.9. The Morgan fingerprint density at radius 2 is 1.63 bits per heavy atom. The molecule has 3 atom stereocenters. The second kappa shape index (κ2) is 7.80. The van der Waals surface area contributed by atoms with Crippen molar-refractivity contribution in [1.29, 1.82) is 0 Å². The molecule has 35 heavy (non-hydrogen) atoms. The van der Waals surface area contributed by atoms with Gasteiger partial charge in [-0.3, -0.25) is 14.4 Å². The lowest BCUT2D eigenvalue weighted by molar-refractivity contribution is -0.157. The first-order chi connectivity index (χ1) is 16.3. The van der Waals surface area contributed by atoms with Crippen LogP contribution in [0.1, 0.15) is 87.0 Å². The number of hydrogen-bond donors (Lipinski definition) is 2. The molecule has 5 nitrogen and oxygen atoms in total. The van der Waals surface area contributed by atoms with Crippen LogP contribution in [0.15, 0.2) is 28.5 Å². The highest BCUT2D eigenvalue weighted by Crippen LogP contribution is 2.62. The molecular formula is C30H30O5. The summed E-state index contributed by atoms with van der Waals surface area (Å²) in [6, 6.07) is 1.91. The van der Waals surface area contributed by atoms with Crippen LogP contribution in [0.4, 0.5) is 0 Å². The number of hydrogen-bond acceptors (Lipinski definition) is 5. The summed E-state index contributed by atoms with van der Waals surface area (Å²) in [6.45, 7) is 11.9. The Kier molecular flexibility index (Phi) is 5.51. The van der Waals surface area contributed by atoms with E-state index in [2.05, 4.69) is 23.7 Å². The van der Waals surface area contributed by atoms with Crippen LogP contribution in [0.3, 0.4) is 0 Å². The molecule has 5 heteroatoms. The van der Waals surface area contributed by atoms with Crippen LogP contribution < -0.4 is 0 Å². The van der Waals surface area contributed by atoms with Crippen LogP contribution in [-0.2, 0) is 16.0 Å². The van der Waals surface area contributed by atoms with E-state index < -0.39 is 39.5 Å². The van der Waals surface area contributed by atoms with Crippen molar-refractivity contribution in [2.45, 2.75) is 73.3 Å². The molecule has 0 amide bonds. The summed E-state index contributed by atoms with van der Waals surface area (Å²) >= 11 is 0. The minimum absolute atomic E-state index is 0.0425. The average molecular weight is 471 g/mol. The predicted molar refractivity (Wildman–Crippen MR) is 133 cm³/mol. The van der Waals surface area contributed by atoms with Crippen molar-refractivity contribution in [3.63, 3.8) is 0 Å². The lowest BCUT2D eigenvalue weighted by Gasteiger charge is -2.56. The summed E-state index contributed by atoms with van der Waals surface area (Å²) in [5.74, 6) is 9.59. The Hall–Kier alpha value is -3.41. The Balaban J connectivity index is 2.06. The molecule has 0 unspecified atom stereocenters. The summed E-state index contributed by atoms with van der Waals surface area (Å²) in [6.07, 6.45) is 0.952. The molecule has 0 fully saturated rings. The molecular weight excluding hydrogens is 440 g/mol. The monoisotopic (exact) mass is 470 g/mol. The first-order valence-corrected chi connectivity index (χ1v) is 11.8. The standard InChI is InChI=1S/C30H30O5/c1-8-10-19-12-20(11-9-2)21-14-28(6)15-29(7)13-16(3)22(18(5)31)26(33)30(29,35)27(34)24(28)25(32)23(21)17(19)4/h12,34-35H,13-15H2,1-7H3/t28-,29+,30+/m1/s1. The van der Waals surface area contributed by atoms with Crippen molar-refractivity contribution in [3.05, 3.63) is 56.4 Å². The first-order valence-electron chi connectivity index (χ1n) is 11.8. The van der Waals surface area contributed by atoms with Crippen molar-refractivity contribution in [2.24, 2.45) is 10.8 Å². The fourth-order valence-corrected chi connectivity index (χ4v) is 6.80. The number of carbonyl (C=O) groups is 3. The molecule has 0 aliphatic heterocycles. The Labute approximate surface area is 206 Å². The number of allylic oxidation sites excluding steroid dienone is 2. The van der Waals surface area contributed by atoms with Gasteiger partial charge in [-0.25, -0.2) is 0 Å². The van der Waals surface area contributed by atoms with Gasteiger partial charge in [-0.1, -0.05) is 31.3 Å². The van der Waals surface area contributed by atoms with E-state index in [1.807, 2.05) is 19.9 Å². The van der Waals surface area contributed by atoms with Crippen LogP contribution in [-0.4, -0.2) is 33.2 Å². The van der Waals surface area contributed by atoms with Gasteiger partial charge < -0.3 is 10.2 Å². The zero-order valence-electron chi connectivity index (χ0n) is 21.3. The maximum Gasteiger partial charge on any atom is 0.206 e. The van der Waals surface area contributed by atoms with Gasteiger partial charge in [0.2, 0.25) is 5.78 Å². The van der Waals surface area contributed by atoms with Crippen LogP contribution in [0, 0.1) is 41.4 Å². The molecule has 3 aliphatic carbocycles. The highest BCUT2D eigenvalue weighted by atomic mass is 16.3. The van der Waals surface area contributed by atoms with E-state index in [4.69, 9.17) is 0 Å². The molecule has 1 aromatic rings. The first kappa shape index (κ1) is 24.7. The molecule has 4 rings (SSSR count). The maximum absolute atomic E-state index is 14.1. The molecule has 3 aliphatic rings. The van der Waals surface area contributed by atoms with E-state index in [9.17, 15) is 24.6 Å². The largest absolute Gasteiger partial charge is 0.508 e. The minimum Gasteiger partial charge on any atom is -0.508 e. The van der Waals surface area contributed by atoms with Crippen LogP contribution in [0.5, 0.6) is 0 Å². The smallest absolute Gasteiger partial charge is 0.206 e. The number of Topliss-reactive ketones (excluding diaryl/α,β-unsaturated/α-hetero) is 3. The van der Waals surface area contributed by atoms with E-state index in [-0.39, 0.29) is 24.0 Å². The Bertz CT molecular complexity index is 1430. The van der Waals surface area contributed by atoms with E-state index in [1.54, 1.807) is 27.7 Å². The van der Waals surface area contributed by atoms with Gasteiger partial charge in [0.1, 0.15) is 5.76 Å². The molecule has 180 valence electrons. The number of aliphatic hydroxyl groups is 2. The van der Waals surface area contributed by atoms with Crippen molar-refractivity contribution in [2.75, 3.05) is 0 Å².